The van der Waals surface area contributed by atoms with Crippen LogP contribution in [0.25, 0.3) is 0 Å². The van der Waals surface area contributed by atoms with E-state index in [-0.39, 0.29) is 0 Å². The molecule has 0 radical (unpaired) electrons. The summed E-state index contributed by atoms with van der Waals surface area (Å²) in [6.07, 6.45) is 5.72. The van der Waals surface area contributed by atoms with Gasteiger partial charge in [-0.15, -0.1) is 11.3 Å². The molecule has 0 spiro atoms. The minimum absolute atomic E-state index is 0.496. The highest BCUT2D eigenvalue weighted by molar-refractivity contribution is 7.09. The zero-order chi connectivity index (χ0) is 11.0. The quantitative estimate of drug-likeness (QED) is 0.801. The molecule has 2 nitrogen and oxygen atoms in total. The largest absolute Gasteiger partial charge is 0.373 e. The van der Waals surface area contributed by atoms with Crippen LogP contribution in [0.4, 0.5) is 0 Å². The highest BCUT2D eigenvalue weighted by atomic mass is 32.1. The Kier molecular flexibility index (Phi) is 3.01. The van der Waals surface area contributed by atoms with Gasteiger partial charge < -0.3 is 9.64 Å². The number of piperidine rings is 1. The number of thiophene rings is 1. The summed E-state index contributed by atoms with van der Waals surface area (Å²) in [6.45, 7) is 0.811. The number of hydrogen-bond acceptors (Lipinski definition) is 3. The Bertz CT molecular complexity index is 324. The molecule has 0 aliphatic carbocycles. The van der Waals surface area contributed by atoms with Gasteiger partial charge in [0, 0.05) is 17.0 Å². The predicted molar refractivity (Wildman–Crippen MR) is 66.7 cm³/mol. The topological polar surface area (TPSA) is 12.5 Å². The van der Waals surface area contributed by atoms with Crippen molar-refractivity contribution < 1.29 is 4.74 Å². The van der Waals surface area contributed by atoms with Crippen LogP contribution in [0, 0.1) is 0 Å². The fourth-order valence-corrected chi connectivity index (χ4v) is 3.72. The summed E-state index contributed by atoms with van der Waals surface area (Å²) < 4.78 is 6.04. The molecule has 1 aromatic rings. The monoisotopic (exact) mass is 237 g/mol. The van der Waals surface area contributed by atoms with Crippen molar-refractivity contribution in [2.24, 2.45) is 0 Å². The van der Waals surface area contributed by atoms with Gasteiger partial charge in [-0.05, 0) is 44.2 Å². The molecule has 1 aromatic heterocycles. The second kappa shape index (κ2) is 4.47. The van der Waals surface area contributed by atoms with Gasteiger partial charge in [-0.1, -0.05) is 6.07 Å². The van der Waals surface area contributed by atoms with Crippen molar-refractivity contribution in [1.82, 2.24) is 4.90 Å². The van der Waals surface area contributed by atoms with Crippen molar-refractivity contribution in [3.05, 3.63) is 22.4 Å². The third-order valence-corrected chi connectivity index (χ3v) is 4.95. The van der Waals surface area contributed by atoms with Crippen LogP contribution in [-0.2, 0) is 11.3 Å². The van der Waals surface area contributed by atoms with E-state index in [1.165, 1.54) is 30.6 Å². The summed E-state index contributed by atoms with van der Waals surface area (Å²) in [4.78, 5) is 3.91. The minimum atomic E-state index is 0.496. The first kappa shape index (κ1) is 10.8. The van der Waals surface area contributed by atoms with Crippen molar-refractivity contribution in [1.29, 1.82) is 0 Å². The van der Waals surface area contributed by atoms with Crippen LogP contribution in [0.2, 0.25) is 0 Å². The van der Waals surface area contributed by atoms with Gasteiger partial charge in [0.25, 0.3) is 0 Å². The minimum Gasteiger partial charge on any atom is -0.373 e. The van der Waals surface area contributed by atoms with Crippen LogP contribution >= 0.6 is 11.3 Å². The van der Waals surface area contributed by atoms with Crippen LogP contribution in [0.1, 0.15) is 30.6 Å². The summed E-state index contributed by atoms with van der Waals surface area (Å²) in [5, 5.41) is 2.12. The van der Waals surface area contributed by atoms with Crippen LogP contribution in [0.15, 0.2) is 17.5 Å². The van der Waals surface area contributed by atoms with Gasteiger partial charge in [0.05, 0.1) is 12.7 Å². The Morgan fingerprint density at radius 1 is 1.38 bits per heavy atom. The summed E-state index contributed by atoms with van der Waals surface area (Å²) in [7, 11) is 2.28. The van der Waals surface area contributed by atoms with Gasteiger partial charge in [0.2, 0.25) is 0 Å². The molecule has 0 aromatic carbocycles. The molecule has 88 valence electrons. The maximum atomic E-state index is 6.04. The number of rotatable bonds is 3. The van der Waals surface area contributed by atoms with Crippen molar-refractivity contribution >= 4 is 11.3 Å². The maximum absolute atomic E-state index is 6.04. The predicted octanol–water partition coefficient (Wildman–Crippen LogP) is 2.89. The van der Waals surface area contributed by atoms with Crippen LogP contribution in [-0.4, -0.2) is 30.1 Å². The molecule has 0 saturated carbocycles. The van der Waals surface area contributed by atoms with Crippen LogP contribution in [0.5, 0.6) is 0 Å². The fraction of sp³-hybridized carbons (Fsp3) is 0.692. The summed E-state index contributed by atoms with van der Waals surface area (Å²) in [6, 6.07) is 5.83. The lowest BCUT2D eigenvalue weighted by Gasteiger charge is -2.36. The lowest BCUT2D eigenvalue weighted by Crippen LogP contribution is -2.42. The van der Waals surface area contributed by atoms with E-state index in [0.717, 1.165) is 18.7 Å². The smallest absolute Gasteiger partial charge is 0.0813 e. The molecule has 3 atom stereocenters. The Balaban J connectivity index is 1.54. The van der Waals surface area contributed by atoms with Crippen molar-refractivity contribution in [2.75, 3.05) is 7.05 Å². The summed E-state index contributed by atoms with van der Waals surface area (Å²) >= 11 is 1.79. The molecule has 16 heavy (non-hydrogen) atoms. The fourth-order valence-electron chi connectivity index (χ4n) is 3.09. The molecule has 2 aliphatic heterocycles. The van der Waals surface area contributed by atoms with E-state index >= 15 is 0 Å². The molecule has 2 saturated heterocycles. The van der Waals surface area contributed by atoms with Crippen LogP contribution in [0.3, 0.4) is 0 Å². The molecule has 2 aliphatic rings. The number of hydrogen-bond donors (Lipinski definition) is 0. The van der Waals surface area contributed by atoms with Gasteiger partial charge in [-0.25, -0.2) is 0 Å². The molecular weight excluding hydrogens is 218 g/mol. The first-order chi connectivity index (χ1) is 7.83. The first-order valence-corrected chi connectivity index (χ1v) is 7.07. The third-order valence-electron chi connectivity index (χ3n) is 4.10. The maximum Gasteiger partial charge on any atom is 0.0813 e. The Morgan fingerprint density at radius 2 is 2.12 bits per heavy atom. The zero-order valence-electron chi connectivity index (χ0n) is 9.76. The number of fused-ring (bicyclic) bond motifs is 2. The normalized spacial score (nSPS) is 34.4. The molecule has 2 bridgehead atoms. The number of ether oxygens (including phenoxy) is 1. The van der Waals surface area contributed by atoms with Gasteiger partial charge in [-0.3, -0.25) is 0 Å². The molecule has 3 heterocycles. The van der Waals surface area contributed by atoms with Crippen molar-refractivity contribution in [2.45, 2.75) is 50.5 Å². The van der Waals surface area contributed by atoms with E-state index in [1.54, 1.807) is 11.3 Å². The van der Waals surface area contributed by atoms with Crippen LogP contribution < -0.4 is 0 Å². The standard InChI is InChI=1S/C13H19NOS/c1-14-10-4-5-11(14)8-12(7-10)15-9-13-3-2-6-16-13/h2-3,6,10-12H,4-5,7-9H2,1H3/t10-,11+,12+. The van der Waals surface area contributed by atoms with Crippen molar-refractivity contribution in [3.63, 3.8) is 0 Å². The summed E-state index contributed by atoms with van der Waals surface area (Å²) in [5.74, 6) is 0. The first-order valence-electron chi connectivity index (χ1n) is 6.19. The van der Waals surface area contributed by atoms with E-state index in [2.05, 4.69) is 29.5 Å². The molecule has 3 heteroatoms. The molecule has 2 fully saturated rings. The molecule has 0 N–H and O–H groups in total. The Hall–Kier alpha value is -0.380. The molecular formula is C13H19NOS. The zero-order valence-corrected chi connectivity index (χ0v) is 10.6. The third kappa shape index (κ3) is 2.04. The van der Waals surface area contributed by atoms with E-state index in [4.69, 9.17) is 4.74 Å². The van der Waals surface area contributed by atoms with E-state index in [1.807, 2.05) is 0 Å². The lowest BCUT2D eigenvalue weighted by atomic mass is 10.0. The van der Waals surface area contributed by atoms with Gasteiger partial charge in [0.1, 0.15) is 0 Å². The molecule has 0 unspecified atom stereocenters. The SMILES string of the molecule is CN1[C@@H]2CC[C@H]1C[C@@H](OCc1cccs1)C2. The van der Waals surface area contributed by atoms with E-state index in [9.17, 15) is 0 Å². The van der Waals surface area contributed by atoms with Gasteiger partial charge in [-0.2, -0.15) is 0 Å². The van der Waals surface area contributed by atoms with Gasteiger partial charge >= 0.3 is 0 Å². The lowest BCUT2D eigenvalue weighted by molar-refractivity contribution is -0.0201. The number of nitrogens with zero attached hydrogens (tertiary/aromatic N) is 1. The average Bonchev–Trinajstić information content (AvgIpc) is 2.84. The molecule has 0 amide bonds. The molecule has 3 rings (SSSR count). The van der Waals surface area contributed by atoms with E-state index < -0.39 is 0 Å². The van der Waals surface area contributed by atoms with Gasteiger partial charge in [0.15, 0.2) is 0 Å². The second-order valence-electron chi connectivity index (χ2n) is 5.03. The highest BCUT2D eigenvalue weighted by Gasteiger charge is 2.38. The van der Waals surface area contributed by atoms with E-state index in [0.29, 0.717) is 6.10 Å². The summed E-state index contributed by atoms with van der Waals surface area (Å²) in [5.41, 5.74) is 0. The Morgan fingerprint density at radius 3 is 2.75 bits per heavy atom. The average molecular weight is 237 g/mol. The van der Waals surface area contributed by atoms with Crippen molar-refractivity contribution in [3.8, 4) is 0 Å². The second-order valence-corrected chi connectivity index (χ2v) is 6.07. The highest BCUT2D eigenvalue weighted by Crippen LogP contribution is 2.35. The Labute approximate surface area is 101 Å².